The van der Waals surface area contributed by atoms with E-state index in [1.165, 1.54) is 5.69 Å². The Morgan fingerprint density at radius 1 is 1.14 bits per heavy atom. The van der Waals surface area contributed by atoms with Gasteiger partial charge >= 0.3 is 0 Å². The molecular weight excluding hydrogens is 276 g/mol. The van der Waals surface area contributed by atoms with Crippen molar-refractivity contribution < 1.29 is 4.52 Å². The molecule has 0 saturated carbocycles. The van der Waals surface area contributed by atoms with Crippen molar-refractivity contribution >= 4 is 5.69 Å². The molecule has 5 heteroatoms. The highest BCUT2D eigenvalue weighted by Gasteiger charge is 2.25. The smallest absolute Gasteiger partial charge is 0.243 e. The summed E-state index contributed by atoms with van der Waals surface area (Å²) in [6.07, 6.45) is 1.93. The van der Waals surface area contributed by atoms with Crippen molar-refractivity contribution in [3.05, 3.63) is 42.0 Å². The second-order valence-corrected chi connectivity index (χ2v) is 5.83. The van der Waals surface area contributed by atoms with Gasteiger partial charge in [-0.2, -0.15) is 4.98 Å². The van der Waals surface area contributed by atoms with Gasteiger partial charge in [0.1, 0.15) is 0 Å². The summed E-state index contributed by atoms with van der Waals surface area (Å²) in [6.45, 7) is 8.38. The Labute approximate surface area is 131 Å². The summed E-state index contributed by atoms with van der Waals surface area (Å²) in [5.41, 5.74) is 1.30. The molecule has 0 bridgehead atoms. The molecule has 2 heterocycles. The van der Waals surface area contributed by atoms with Crippen molar-refractivity contribution in [3.8, 4) is 0 Å². The lowest BCUT2D eigenvalue weighted by molar-refractivity contribution is 0.164. The van der Waals surface area contributed by atoms with E-state index in [4.69, 9.17) is 4.52 Å². The first-order chi connectivity index (χ1) is 10.8. The van der Waals surface area contributed by atoms with Gasteiger partial charge in [0.15, 0.2) is 5.82 Å². The second-order valence-electron chi connectivity index (χ2n) is 5.83. The monoisotopic (exact) mass is 300 g/mol. The van der Waals surface area contributed by atoms with Crippen LogP contribution in [0.2, 0.25) is 0 Å². The summed E-state index contributed by atoms with van der Waals surface area (Å²) in [5, 5.41) is 4.06. The van der Waals surface area contributed by atoms with Crippen molar-refractivity contribution in [3.63, 3.8) is 0 Å². The van der Waals surface area contributed by atoms with Gasteiger partial charge < -0.3 is 9.42 Å². The zero-order valence-electron chi connectivity index (χ0n) is 13.4. The number of hydrogen-bond donors (Lipinski definition) is 0. The summed E-state index contributed by atoms with van der Waals surface area (Å²) in [6, 6.07) is 10.8. The average Bonchev–Trinajstić information content (AvgIpc) is 3.04. The number of para-hydroxylation sites is 1. The van der Waals surface area contributed by atoms with Gasteiger partial charge in [-0.3, -0.25) is 4.90 Å². The molecule has 118 valence electrons. The van der Waals surface area contributed by atoms with Crippen LogP contribution in [0, 0.1) is 0 Å². The lowest BCUT2D eigenvalue weighted by atomic mass is 10.2. The predicted octanol–water partition coefficient (Wildman–Crippen LogP) is 2.91. The van der Waals surface area contributed by atoms with Crippen LogP contribution < -0.4 is 4.90 Å². The third-order valence-corrected chi connectivity index (χ3v) is 4.30. The third kappa shape index (κ3) is 3.30. The zero-order valence-corrected chi connectivity index (χ0v) is 13.4. The highest BCUT2D eigenvalue weighted by atomic mass is 16.5. The maximum Gasteiger partial charge on any atom is 0.243 e. The summed E-state index contributed by atoms with van der Waals surface area (Å²) < 4.78 is 5.43. The Balaban J connectivity index is 1.58. The van der Waals surface area contributed by atoms with Gasteiger partial charge in [-0.1, -0.05) is 30.3 Å². The zero-order chi connectivity index (χ0) is 15.4. The molecule has 1 fully saturated rings. The minimum Gasteiger partial charge on any atom is -0.369 e. The first-order valence-corrected chi connectivity index (χ1v) is 8.14. The summed E-state index contributed by atoms with van der Waals surface area (Å²) in [4.78, 5) is 9.37. The number of benzene rings is 1. The van der Waals surface area contributed by atoms with Crippen LogP contribution in [0.1, 0.15) is 38.0 Å². The fourth-order valence-corrected chi connectivity index (χ4v) is 2.92. The summed E-state index contributed by atoms with van der Waals surface area (Å²) in [7, 11) is 0. The lowest BCUT2D eigenvalue weighted by Gasteiger charge is -2.38. The van der Waals surface area contributed by atoms with E-state index in [1.807, 2.05) is 0 Å². The van der Waals surface area contributed by atoms with Gasteiger partial charge in [0.2, 0.25) is 5.89 Å². The average molecular weight is 300 g/mol. The van der Waals surface area contributed by atoms with Crippen molar-refractivity contribution in [1.82, 2.24) is 15.0 Å². The van der Waals surface area contributed by atoms with E-state index in [1.54, 1.807) is 0 Å². The molecule has 22 heavy (non-hydrogen) atoms. The van der Waals surface area contributed by atoms with E-state index in [0.717, 1.165) is 50.7 Å². The van der Waals surface area contributed by atoms with Gasteiger partial charge in [-0.15, -0.1) is 0 Å². The van der Waals surface area contributed by atoms with Gasteiger partial charge in [0.25, 0.3) is 0 Å². The van der Waals surface area contributed by atoms with Crippen LogP contribution >= 0.6 is 0 Å². The van der Waals surface area contributed by atoms with Crippen LogP contribution in [0.5, 0.6) is 0 Å². The van der Waals surface area contributed by atoms with Gasteiger partial charge in [0.05, 0.1) is 6.04 Å². The van der Waals surface area contributed by atoms with E-state index in [9.17, 15) is 0 Å². The Bertz CT molecular complexity index is 575. The summed E-state index contributed by atoms with van der Waals surface area (Å²) >= 11 is 0. The molecule has 1 saturated heterocycles. The number of aryl methyl sites for hydroxylation is 1. The molecule has 0 spiro atoms. The predicted molar refractivity (Wildman–Crippen MR) is 86.9 cm³/mol. The van der Waals surface area contributed by atoms with Crippen molar-refractivity contribution in [1.29, 1.82) is 0 Å². The van der Waals surface area contributed by atoms with Crippen molar-refractivity contribution in [2.24, 2.45) is 0 Å². The largest absolute Gasteiger partial charge is 0.369 e. The molecule has 1 aromatic heterocycles. The molecule has 2 aromatic rings. The minimum absolute atomic E-state index is 0.191. The van der Waals surface area contributed by atoms with Gasteiger partial charge in [-0.05, 0) is 25.5 Å². The first-order valence-electron chi connectivity index (χ1n) is 8.14. The molecule has 0 N–H and O–H groups in total. The van der Waals surface area contributed by atoms with E-state index in [2.05, 4.69) is 64.1 Å². The molecule has 1 aliphatic heterocycles. The fraction of sp³-hybridized carbons (Fsp3) is 0.529. The first kappa shape index (κ1) is 15.0. The molecule has 5 nitrogen and oxygen atoms in total. The highest BCUT2D eigenvalue weighted by molar-refractivity contribution is 5.46. The Morgan fingerprint density at radius 3 is 2.55 bits per heavy atom. The molecule has 0 aliphatic carbocycles. The molecule has 1 aliphatic rings. The minimum atomic E-state index is 0.191. The molecule has 0 amide bonds. The van der Waals surface area contributed by atoms with E-state index < -0.39 is 0 Å². The maximum absolute atomic E-state index is 5.43. The van der Waals surface area contributed by atoms with E-state index >= 15 is 0 Å². The lowest BCUT2D eigenvalue weighted by Crippen LogP contribution is -2.47. The highest BCUT2D eigenvalue weighted by Crippen LogP contribution is 2.22. The molecule has 0 unspecified atom stereocenters. The van der Waals surface area contributed by atoms with Crippen molar-refractivity contribution in [2.75, 3.05) is 31.1 Å². The number of aromatic nitrogens is 2. The summed E-state index contributed by atoms with van der Waals surface area (Å²) in [5.74, 6) is 1.57. The van der Waals surface area contributed by atoms with E-state index in [-0.39, 0.29) is 6.04 Å². The quantitative estimate of drug-likeness (QED) is 0.849. The number of hydrogen-bond acceptors (Lipinski definition) is 5. The van der Waals surface area contributed by atoms with E-state index in [0.29, 0.717) is 0 Å². The standard InChI is InChI=1S/C17H24N4O/c1-3-7-16-18-17(22-19-16)14(2)20-10-12-21(13-11-20)15-8-5-4-6-9-15/h4-6,8-9,14H,3,7,10-13H2,1-2H3/t14-/m1/s1. The van der Waals surface area contributed by atoms with Gasteiger partial charge in [0, 0.05) is 38.3 Å². The Hall–Kier alpha value is -1.88. The van der Waals surface area contributed by atoms with Gasteiger partial charge in [-0.25, -0.2) is 0 Å². The Kier molecular flexibility index (Phi) is 4.73. The van der Waals surface area contributed by atoms with Crippen LogP contribution in [-0.4, -0.2) is 41.2 Å². The van der Waals surface area contributed by atoms with Crippen LogP contribution in [-0.2, 0) is 6.42 Å². The number of rotatable bonds is 5. The molecule has 3 rings (SSSR count). The topological polar surface area (TPSA) is 45.4 Å². The normalized spacial score (nSPS) is 17.6. The fourth-order valence-electron chi connectivity index (χ4n) is 2.92. The third-order valence-electron chi connectivity index (χ3n) is 4.30. The maximum atomic E-state index is 5.43. The molecule has 0 radical (unpaired) electrons. The SMILES string of the molecule is CCCc1noc([C@@H](C)N2CCN(c3ccccc3)CC2)n1. The number of piperazine rings is 1. The van der Waals surface area contributed by atoms with Crippen molar-refractivity contribution in [2.45, 2.75) is 32.7 Å². The number of nitrogens with zero attached hydrogens (tertiary/aromatic N) is 4. The number of anilines is 1. The van der Waals surface area contributed by atoms with Crippen LogP contribution in [0.3, 0.4) is 0 Å². The molecule has 1 aromatic carbocycles. The molecular formula is C17H24N4O. The Morgan fingerprint density at radius 2 is 1.86 bits per heavy atom. The van der Waals surface area contributed by atoms with Crippen LogP contribution in [0.4, 0.5) is 5.69 Å². The van der Waals surface area contributed by atoms with Crippen LogP contribution in [0.15, 0.2) is 34.9 Å². The molecule has 1 atom stereocenters. The van der Waals surface area contributed by atoms with Crippen LogP contribution in [0.25, 0.3) is 0 Å². The second kappa shape index (κ2) is 6.92.